The van der Waals surface area contributed by atoms with E-state index in [1.54, 1.807) is 0 Å². The summed E-state index contributed by atoms with van der Waals surface area (Å²) in [6.07, 6.45) is 3.47. The molecule has 1 atom stereocenters. The fourth-order valence-electron chi connectivity index (χ4n) is 3.34. The molecule has 1 heterocycles. The zero-order valence-electron chi connectivity index (χ0n) is 12.8. The van der Waals surface area contributed by atoms with Gasteiger partial charge in [-0.05, 0) is 51.8 Å². The van der Waals surface area contributed by atoms with E-state index >= 15 is 0 Å². The lowest BCUT2D eigenvalue weighted by atomic mass is 9.84. The number of hydrogen-bond acceptors (Lipinski definition) is 3. The molecule has 3 rings (SSSR count). The number of nitrogens with zero attached hydrogens (tertiary/aromatic N) is 2. The van der Waals surface area contributed by atoms with Crippen LogP contribution >= 0.6 is 0 Å². The molecule has 1 aromatic carbocycles. The summed E-state index contributed by atoms with van der Waals surface area (Å²) in [7, 11) is 0. The van der Waals surface area contributed by atoms with Gasteiger partial charge in [0.05, 0.1) is 5.69 Å². The Kier molecular flexibility index (Phi) is 3.72. The lowest BCUT2D eigenvalue weighted by Gasteiger charge is -2.23. The first-order valence-corrected chi connectivity index (χ1v) is 7.79. The third kappa shape index (κ3) is 2.44. The van der Waals surface area contributed by atoms with Crippen molar-refractivity contribution < 1.29 is 0 Å². The Labute approximate surface area is 126 Å². The van der Waals surface area contributed by atoms with Crippen LogP contribution in [0.1, 0.15) is 49.9 Å². The van der Waals surface area contributed by atoms with Crippen LogP contribution in [0.15, 0.2) is 24.3 Å². The van der Waals surface area contributed by atoms with Crippen LogP contribution in [0.5, 0.6) is 0 Å². The largest absolute Gasteiger partial charge is 0.399 e. The third-order valence-corrected chi connectivity index (χ3v) is 4.38. The molecule has 0 fully saturated rings. The molecule has 112 valence electrons. The van der Waals surface area contributed by atoms with E-state index in [2.05, 4.69) is 30.7 Å². The monoisotopic (exact) mass is 284 g/mol. The van der Waals surface area contributed by atoms with Gasteiger partial charge in [0.1, 0.15) is 0 Å². The Balaban J connectivity index is 2.18. The zero-order valence-corrected chi connectivity index (χ0v) is 12.8. The second-order valence-electron chi connectivity index (χ2n) is 6.19. The van der Waals surface area contributed by atoms with Gasteiger partial charge in [-0.15, -0.1) is 0 Å². The van der Waals surface area contributed by atoms with E-state index in [-0.39, 0.29) is 0 Å². The van der Waals surface area contributed by atoms with Crippen LogP contribution in [-0.2, 0) is 6.42 Å². The predicted octanol–water partition coefficient (Wildman–Crippen LogP) is 3.09. The molecule has 0 bridgehead atoms. The van der Waals surface area contributed by atoms with Gasteiger partial charge in [0.25, 0.3) is 0 Å². The molecule has 2 aromatic rings. The predicted molar refractivity (Wildman–Crippen MR) is 87.2 cm³/mol. The average Bonchev–Trinajstić information content (AvgIpc) is 2.88. The molecule has 1 aromatic heterocycles. The molecule has 1 aliphatic rings. The summed E-state index contributed by atoms with van der Waals surface area (Å²) < 4.78 is 2.18. The van der Waals surface area contributed by atoms with E-state index in [0.29, 0.717) is 18.5 Å². The first-order valence-electron chi connectivity index (χ1n) is 7.79. The zero-order chi connectivity index (χ0) is 15.0. The summed E-state index contributed by atoms with van der Waals surface area (Å²) >= 11 is 0. The number of rotatable bonds is 3. The molecule has 0 radical (unpaired) electrons. The van der Waals surface area contributed by atoms with Gasteiger partial charge in [-0.1, -0.05) is 12.1 Å². The molecule has 21 heavy (non-hydrogen) atoms. The number of benzene rings is 1. The Bertz CT molecular complexity index is 625. The summed E-state index contributed by atoms with van der Waals surface area (Å²) in [5.41, 5.74) is 17.6. The molecular formula is C17H24N4. The highest BCUT2D eigenvalue weighted by Gasteiger charge is 2.28. The van der Waals surface area contributed by atoms with Gasteiger partial charge in [-0.2, -0.15) is 5.10 Å². The Morgan fingerprint density at radius 2 is 2.00 bits per heavy atom. The lowest BCUT2D eigenvalue weighted by Crippen LogP contribution is -2.20. The van der Waals surface area contributed by atoms with Crippen molar-refractivity contribution in [1.29, 1.82) is 0 Å². The average molecular weight is 284 g/mol. The smallest absolute Gasteiger partial charge is 0.0961 e. The van der Waals surface area contributed by atoms with Crippen molar-refractivity contribution in [1.82, 2.24) is 9.78 Å². The fraction of sp³-hybridized carbons (Fsp3) is 0.471. The van der Waals surface area contributed by atoms with Crippen LogP contribution in [0.4, 0.5) is 5.69 Å². The molecule has 1 aliphatic carbocycles. The van der Waals surface area contributed by atoms with Gasteiger partial charge in [0.2, 0.25) is 0 Å². The first-order chi connectivity index (χ1) is 10.1. The van der Waals surface area contributed by atoms with E-state index in [1.165, 1.54) is 17.7 Å². The number of fused-ring (bicyclic) bond motifs is 1. The third-order valence-electron chi connectivity index (χ3n) is 4.38. The molecule has 0 saturated carbocycles. The van der Waals surface area contributed by atoms with Crippen LogP contribution in [0.2, 0.25) is 0 Å². The van der Waals surface area contributed by atoms with Gasteiger partial charge >= 0.3 is 0 Å². The van der Waals surface area contributed by atoms with Crippen molar-refractivity contribution in [2.45, 2.75) is 45.1 Å². The molecule has 0 aliphatic heterocycles. The van der Waals surface area contributed by atoms with Crippen LogP contribution < -0.4 is 11.5 Å². The summed E-state index contributed by atoms with van der Waals surface area (Å²) in [5.74, 6) is 0.425. The molecule has 0 amide bonds. The number of aromatic nitrogens is 2. The van der Waals surface area contributed by atoms with Crippen LogP contribution in [0.25, 0.3) is 11.3 Å². The minimum atomic E-state index is 0.373. The topological polar surface area (TPSA) is 69.9 Å². The maximum Gasteiger partial charge on any atom is 0.0961 e. The highest BCUT2D eigenvalue weighted by molar-refractivity contribution is 5.67. The number of hydrogen-bond donors (Lipinski definition) is 2. The summed E-state index contributed by atoms with van der Waals surface area (Å²) in [6.45, 7) is 5.07. The van der Waals surface area contributed by atoms with Crippen molar-refractivity contribution in [3.8, 4) is 11.3 Å². The van der Waals surface area contributed by atoms with Gasteiger partial charge in [-0.3, -0.25) is 4.68 Å². The van der Waals surface area contributed by atoms with Crippen molar-refractivity contribution in [2.75, 3.05) is 12.3 Å². The van der Waals surface area contributed by atoms with Gasteiger partial charge in [0.15, 0.2) is 0 Å². The maximum atomic E-state index is 6.02. The molecule has 0 saturated heterocycles. The van der Waals surface area contributed by atoms with Crippen LogP contribution in [-0.4, -0.2) is 16.3 Å². The summed E-state index contributed by atoms with van der Waals surface area (Å²) in [4.78, 5) is 0. The standard InChI is InChI=1S/C17H24N4/c1-11(2)21-15-5-3-4-13(10-18)16(15)17(20-21)12-6-8-14(19)9-7-12/h6-9,11,13H,3-5,10,18-19H2,1-2H3. The second kappa shape index (κ2) is 5.53. The fourth-order valence-corrected chi connectivity index (χ4v) is 3.34. The maximum absolute atomic E-state index is 6.02. The SMILES string of the molecule is CC(C)n1nc(-c2ccc(N)cc2)c2c1CCCC2CN. The number of anilines is 1. The minimum absolute atomic E-state index is 0.373. The quantitative estimate of drug-likeness (QED) is 0.851. The summed E-state index contributed by atoms with van der Waals surface area (Å²) in [6, 6.07) is 8.38. The minimum Gasteiger partial charge on any atom is -0.399 e. The second-order valence-corrected chi connectivity index (χ2v) is 6.19. The normalized spacial score (nSPS) is 18.0. The number of nitrogens with two attached hydrogens (primary N) is 2. The van der Waals surface area contributed by atoms with Crippen LogP contribution in [0, 0.1) is 0 Å². The van der Waals surface area contributed by atoms with Crippen molar-refractivity contribution in [2.24, 2.45) is 5.73 Å². The Morgan fingerprint density at radius 1 is 1.29 bits per heavy atom. The first kappa shape index (κ1) is 14.1. The summed E-state index contributed by atoms with van der Waals surface area (Å²) in [5, 5.41) is 4.91. The van der Waals surface area contributed by atoms with Crippen LogP contribution in [0.3, 0.4) is 0 Å². The van der Waals surface area contributed by atoms with Crippen molar-refractivity contribution in [3.05, 3.63) is 35.5 Å². The van der Waals surface area contributed by atoms with Gasteiger partial charge in [-0.25, -0.2) is 0 Å². The highest BCUT2D eigenvalue weighted by atomic mass is 15.3. The van der Waals surface area contributed by atoms with Gasteiger partial charge in [0, 0.05) is 34.5 Å². The van der Waals surface area contributed by atoms with Crippen molar-refractivity contribution in [3.63, 3.8) is 0 Å². The van der Waals surface area contributed by atoms with E-state index in [1.807, 2.05) is 12.1 Å². The van der Waals surface area contributed by atoms with E-state index in [9.17, 15) is 0 Å². The van der Waals surface area contributed by atoms with Crippen molar-refractivity contribution >= 4 is 5.69 Å². The Morgan fingerprint density at radius 3 is 2.62 bits per heavy atom. The molecule has 4 N–H and O–H groups in total. The van der Waals surface area contributed by atoms with E-state index in [4.69, 9.17) is 16.6 Å². The van der Waals surface area contributed by atoms with Gasteiger partial charge < -0.3 is 11.5 Å². The number of nitrogen functional groups attached to an aromatic ring is 1. The Hall–Kier alpha value is -1.81. The molecule has 0 spiro atoms. The van der Waals surface area contributed by atoms with E-state index in [0.717, 1.165) is 29.8 Å². The lowest BCUT2D eigenvalue weighted by molar-refractivity contribution is 0.478. The van der Waals surface area contributed by atoms with E-state index < -0.39 is 0 Å². The molecule has 4 heteroatoms. The molecular weight excluding hydrogens is 260 g/mol. The molecule has 1 unspecified atom stereocenters. The highest BCUT2D eigenvalue weighted by Crippen LogP contribution is 2.39. The molecule has 4 nitrogen and oxygen atoms in total.